The topological polar surface area (TPSA) is 130 Å². The fraction of sp³-hybridized carbons (Fsp3) is 0.400. The molecule has 10 heteroatoms. The molecule has 1 heterocycles. The molecule has 1 unspecified atom stereocenters. The predicted molar refractivity (Wildman–Crippen MR) is 122 cm³/mol. The number of rotatable bonds is 9. The highest BCUT2D eigenvalue weighted by atomic mass is 16.7. The molecule has 2 aromatic carbocycles. The van der Waals surface area contributed by atoms with Gasteiger partial charge in [-0.1, -0.05) is 60.7 Å². The molecule has 1 aliphatic heterocycles. The summed E-state index contributed by atoms with van der Waals surface area (Å²) in [5.74, 6) is -1.25. The van der Waals surface area contributed by atoms with Gasteiger partial charge in [0, 0.05) is 13.8 Å². The standard InChI is InChI=1S/C25H29NO9/c1-16(27)31-15-20-22(29)23(32-13-18-9-5-3-6-10-18)21(24(35-20)34-17(2)28)26-25(30)33-14-19-11-7-4-8-12-19/h3-12,20-24,29H,13-15H2,1-2H3,(H,26,30)/t20-,21-,22-,23-,24?/m1/s1. The van der Waals surface area contributed by atoms with Crippen LogP contribution >= 0.6 is 0 Å². The molecule has 1 amide bonds. The van der Waals surface area contributed by atoms with E-state index in [4.69, 9.17) is 23.7 Å². The van der Waals surface area contributed by atoms with E-state index in [1.165, 1.54) is 13.8 Å². The number of hydrogen-bond acceptors (Lipinski definition) is 9. The molecule has 0 bridgehead atoms. The normalized spacial score (nSPS) is 23.7. The molecule has 0 radical (unpaired) electrons. The van der Waals surface area contributed by atoms with Crippen molar-refractivity contribution in [3.8, 4) is 0 Å². The van der Waals surface area contributed by atoms with Gasteiger partial charge >= 0.3 is 18.0 Å². The Bertz CT molecular complexity index is 969. The molecule has 0 spiro atoms. The lowest BCUT2D eigenvalue weighted by Gasteiger charge is -2.43. The van der Waals surface area contributed by atoms with Crippen molar-refractivity contribution in [3.05, 3.63) is 71.8 Å². The van der Waals surface area contributed by atoms with E-state index >= 15 is 0 Å². The molecule has 0 saturated carbocycles. The first-order chi connectivity index (χ1) is 16.8. The number of alkyl carbamates (subject to hydrolysis) is 1. The first kappa shape index (κ1) is 26.1. The molecular weight excluding hydrogens is 458 g/mol. The average molecular weight is 488 g/mol. The van der Waals surface area contributed by atoms with Gasteiger partial charge in [0.2, 0.25) is 6.29 Å². The Hall–Kier alpha value is -3.47. The van der Waals surface area contributed by atoms with E-state index in [1.807, 2.05) is 48.5 Å². The van der Waals surface area contributed by atoms with Crippen molar-refractivity contribution in [2.75, 3.05) is 6.61 Å². The van der Waals surface area contributed by atoms with E-state index in [1.54, 1.807) is 12.1 Å². The van der Waals surface area contributed by atoms with Crippen molar-refractivity contribution >= 4 is 18.0 Å². The lowest BCUT2D eigenvalue weighted by Crippen LogP contribution is -2.65. The van der Waals surface area contributed by atoms with Gasteiger partial charge in [0.1, 0.15) is 37.6 Å². The van der Waals surface area contributed by atoms with Crippen LogP contribution < -0.4 is 5.32 Å². The van der Waals surface area contributed by atoms with Gasteiger partial charge in [-0.05, 0) is 11.1 Å². The van der Waals surface area contributed by atoms with Gasteiger partial charge < -0.3 is 34.1 Å². The van der Waals surface area contributed by atoms with Gasteiger partial charge in [-0.15, -0.1) is 0 Å². The molecule has 35 heavy (non-hydrogen) atoms. The smallest absolute Gasteiger partial charge is 0.408 e. The molecule has 1 aliphatic rings. The van der Waals surface area contributed by atoms with Crippen molar-refractivity contribution in [2.45, 2.75) is 57.7 Å². The van der Waals surface area contributed by atoms with E-state index in [2.05, 4.69) is 5.32 Å². The number of carbonyl (C=O) groups excluding carboxylic acids is 3. The van der Waals surface area contributed by atoms with Gasteiger partial charge in [0.25, 0.3) is 0 Å². The molecule has 2 aromatic rings. The van der Waals surface area contributed by atoms with Crippen LogP contribution in [0.2, 0.25) is 0 Å². The van der Waals surface area contributed by atoms with Crippen LogP contribution in [0, 0.1) is 0 Å². The minimum Gasteiger partial charge on any atom is -0.463 e. The van der Waals surface area contributed by atoms with Crippen molar-refractivity contribution in [1.82, 2.24) is 5.32 Å². The number of ether oxygens (including phenoxy) is 5. The van der Waals surface area contributed by atoms with E-state index in [0.717, 1.165) is 11.1 Å². The summed E-state index contributed by atoms with van der Waals surface area (Å²) in [5, 5.41) is 13.6. The quantitative estimate of drug-likeness (QED) is 0.403. The maximum atomic E-state index is 12.6. The first-order valence-corrected chi connectivity index (χ1v) is 11.1. The molecule has 0 aliphatic carbocycles. The Kier molecular flexibility index (Phi) is 9.59. The van der Waals surface area contributed by atoms with Crippen LogP contribution in [-0.2, 0) is 46.5 Å². The van der Waals surface area contributed by atoms with Crippen LogP contribution in [-0.4, -0.2) is 60.4 Å². The minimum absolute atomic E-state index is 0.00561. The van der Waals surface area contributed by atoms with Crippen LogP contribution in [0.3, 0.4) is 0 Å². The highest BCUT2D eigenvalue weighted by molar-refractivity contribution is 5.68. The number of hydrogen-bond donors (Lipinski definition) is 2. The SMILES string of the molecule is CC(=O)OC[C@H]1OC(OC(C)=O)[C@H](NC(=O)OCc2ccccc2)[C@@H](OCc2ccccc2)[C@@H]1O. The molecule has 2 N–H and O–H groups in total. The minimum atomic E-state index is -1.33. The molecule has 1 saturated heterocycles. The zero-order chi connectivity index (χ0) is 25.2. The summed E-state index contributed by atoms with van der Waals surface area (Å²) in [6.45, 7) is 2.19. The molecule has 1 fully saturated rings. The molecule has 10 nitrogen and oxygen atoms in total. The number of aliphatic hydroxyl groups is 1. The summed E-state index contributed by atoms with van der Waals surface area (Å²) in [5.41, 5.74) is 1.59. The second-order valence-corrected chi connectivity index (χ2v) is 7.94. The predicted octanol–water partition coefficient (Wildman–Crippen LogP) is 2.08. The van der Waals surface area contributed by atoms with E-state index in [-0.39, 0.29) is 19.8 Å². The monoisotopic (exact) mass is 487 g/mol. The van der Waals surface area contributed by atoms with Gasteiger partial charge in [-0.2, -0.15) is 0 Å². The number of aliphatic hydroxyl groups excluding tert-OH is 1. The second kappa shape index (κ2) is 12.8. The largest absolute Gasteiger partial charge is 0.463 e. The van der Waals surface area contributed by atoms with E-state index in [0.29, 0.717) is 0 Å². The van der Waals surface area contributed by atoms with Crippen molar-refractivity contribution < 1.29 is 43.2 Å². The summed E-state index contributed by atoms with van der Waals surface area (Å²) in [4.78, 5) is 35.7. The zero-order valence-corrected chi connectivity index (χ0v) is 19.5. The van der Waals surface area contributed by atoms with Gasteiger partial charge in [0.15, 0.2) is 0 Å². The Morgan fingerprint density at radius 1 is 0.886 bits per heavy atom. The Balaban J connectivity index is 1.77. The number of esters is 2. The van der Waals surface area contributed by atoms with Gasteiger partial charge in [-0.25, -0.2) is 4.79 Å². The molecule has 0 aromatic heterocycles. The van der Waals surface area contributed by atoms with Gasteiger partial charge in [-0.3, -0.25) is 9.59 Å². The van der Waals surface area contributed by atoms with Crippen LogP contribution in [0.1, 0.15) is 25.0 Å². The fourth-order valence-electron chi connectivity index (χ4n) is 3.54. The molecule has 188 valence electrons. The van der Waals surface area contributed by atoms with Crippen molar-refractivity contribution in [3.63, 3.8) is 0 Å². The van der Waals surface area contributed by atoms with E-state index < -0.39 is 48.7 Å². The lowest BCUT2D eigenvalue weighted by molar-refractivity contribution is -0.271. The lowest BCUT2D eigenvalue weighted by atomic mass is 9.96. The fourth-order valence-corrected chi connectivity index (χ4v) is 3.54. The Morgan fingerprint density at radius 2 is 1.49 bits per heavy atom. The average Bonchev–Trinajstić information content (AvgIpc) is 2.84. The maximum Gasteiger partial charge on any atom is 0.408 e. The molecule has 3 rings (SSSR count). The number of amides is 1. The first-order valence-electron chi connectivity index (χ1n) is 11.1. The van der Waals surface area contributed by atoms with Crippen LogP contribution in [0.5, 0.6) is 0 Å². The highest BCUT2D eigenvalue weighted by Gasteiger charge is 2.49. The molecule has 5 atom stereocenters. The second-order valence-electron chi connectivity index (χ2n) is 7.94. The third-order valence-electron chi connectivity index (χ3n) is 5.19. The van der Waals surface area contributed by atoms with Crippen LogP contribution in [0.25, 0.3) is 0 Å². The summed E-state index contributed by atoms with van der Waals surface area (Å²) >= 11 is 0. The Morgan fingerprint density at radius 3 is 2.06 bits per heavy atom. The van der Waals surface area contributed by atoms with Crippen molar-refractivity contribution in [2.24, 2.45) is 0 Å². The Labute approximate surface area is 203 Å². The maximum absolute atomic E-state index is 12.6. The summed E-state index contributed by atoms with van der Waals surface area (Å²) in [6.07, 6.45) is -5.63. The van der Waals surface area contributed by atoms with Crippen LogP contribution in [0.4, 0.5) is 4.79 Å². The molecular formula is C25H29NO9. The van der Waals surface area contributed by atoms with Crippen LogP contribution in [0.15, 0.2) is 60.7 Å². The van der Waals surface area contributed by atoms with Crippen molar-refractivity contribution in [1.29, 1.82) is 0 Å². The third kappa shape index (κ3) is 8.06. The summed E-state index contributed by atoms with van der Waals surface area (Å²) in [7, 11) is 0. The highest BCUT2D eigenvalue weighted by Crippen LogP contribution is 2.26. The van der Waals surface area contributed by atoms with E-state index in [9.17, 15) is 19.5 Å². The summed E-state index contributed by atoms with van der Waals surface area (Å²) < 4.78 is 27.2. The summed E-state index contributed by atoms with van der Waals surface area (Å²) in [6, 6.07) is 17.1. The zero-order valence-electron chi connectivity index (χ0n) is 19.5. The number of benzene rings is 2. The number of nitrogens with one attached hydrogen (secondary N) is 1. The number of carbonyl (C=O) groups is 3. The van der Waals surface area contributed by atoms with Gasteiger partial charge in [0.05, 0.1) is 6.61 Å². The third-order valence-corrected chi connectivity index (χ3v) is 5.19.